The van der Waals surface area contributed by atoms with E-state index in [0.717, 1.165) is 19.3 Å². The second-order valence-corrected chi connectivity index (χ2v) is 11.4. The molecule has 0 aliphatic heterocycles. The van der Waals surface area contributed by atoms with Gasteiger partial charge in [0.1, 0.15) is 0 Å². The Bertz CT molecular complexity index is 1480. The van der Waals surface area contributed by atoms with Gasteiger partial charge in [-0.15, -0.1) is 39.7 Å². The summed E-state index contributed by atoms with van der Waals surface area (Å²) >= 11 is 1.46. The van der Waals surface area contributed by atoms with E-state index in [1.54, 1.807) is 0 Å². The van der Waals surface area contributed by atoms with Gasteiger partial charge in [0.25, 0.3) is 0 Å². The minimum atomic E-state index is 0.611. The predicted octanol–water partition coefficient (Wildman–Crippen LogP) is 10.4. The molecule has 1 heteroatoms. The summed E-state index contributed by atoms with van der Waals surface area (Å²) in [5.74, 6) is 0.611. The molecule has 1 unspecified atom stereocenters. The Morgan fingerprint density at radius 3 is 1.55 bits per heavy atom. The van der Waals surface area contributed by atoms with Gasteiger partial charge in [0.2, 0.25) is 0 Å². The third-order valence-electron chi connectivity index (χ3n) is 7.50. The Morgan fingerprint density at radius 2 is 1.18 bits per heavy atom. The average molecular weight is 600 g/mol. The first-order valence-electron chi connectivity index (χ1n) is 14.7. The number of rotatable bonds is 6. The summed E-state index contributed by atoms with van der Waals surface area (Å²) in [6, 6.07) is 37.1. The molecule has 0 aromatic heterocycles. The Kier molecular flexibility index (Phi) is 11.3. The van der Waals surface area contributed by atoms with Gasteiger partial charge in [0.15, 0.2) is 0 Å². The van der Waals surface area contributed by atoms with Gasteiger partial charge in [0, 0.05) is 0 Å². The molecule has 0 fully saturated rings. The van der Waals surface area contributed by atoms with Crippen LogP contribution < -0.4 is 0 Å². The monoisotopic (exact) mass is 598 g/mol. The molecular weight excluding hydrogens is 560 g/mol. The molecule has 5 aromatic rings. The maximum absolute atomic E-state index is 3.40. The van der Waals surface area contributed by atoms with E-state index in [1.165, 1.54) is 83.2 Å². The van der Waals surface area contributed by atoms with Gasteiger partial charge in [0.05, 0.1) is 0 Å². The van der Waals surface area contributed by atoms with Crippen molar-refractivity contribution >= 4 is 24.8 Å². The summed E-state index contributed by atoms with van der Waals surface area (Å²) in [6.07, 6.45) is 12.4. The summed E-state index contributed by atoms with van der Waals surface area (Å²) in [5.41, 5.74) is 6.88. The summed E-state index contributed by atoms with van der Waals surface area (Å²) in [4.78, 5) is 0. The van der Waals surface area contributed by atoms with Crippen molar-refractivity contribution in [1.29, 1.82) is 0 Å². The zero-order valence-electron chi connectivity index (χ0n) is 24.4. The minimum absolute atomic E-state index is 0.611. The Labute approximate surface area is 256 Å². The fraction of sp³-hybridized carbons (Fsp3) is 0.231. The van der Waals surface area contributed by atoms with Crippen molar-refractivity contribution in [3.05, 3.63) is 149 Å². The van der Waals surface area contributed by atoms with Gasteiger partial charge in [-0.05, 0) is 12.8 Å². The standard InChI is InChI=1S/C17H17.C13H10.C9H13.Zr/c1-3-12-5-7-16-14(9-12)11-15-10-13(4-2)6-8-17(15)16;1-3-7-12(8-4-1)11-13-9-5-2-6-10-13;1-3-8-5-6-9(4-2)7-8;/h5-11H,3-4H2,1-2H3;1-10H;5-6,8H,3-4H2,1-2H3;/q-1;;-1;+2. The molecule has 40 heavy (non-hydrogen) atoms. The number of fused-ring (bicyclic) bond motifs is 3. The van der Waals surface area contributed by atoms with Crippen LogP contribution in [-0.4, -0.2) is 3.21 Å². The number of aryl methyl sites for hydroxylation is 2. The molecule has 5 aromatic carbocycles. The van der Waals surface area contributed by atoms with Crippen LogP contribution >= 0.6 is 0 Å². The molecule has 0 N–H and O–H groups in total. The van der Waals surface area contributed by atoms with Crippen molar-refractivity contribution in [1.82, 2.24) is 0 Å². The molecule has 6 rings (SSSR count). The number of hydrogen-bond acceptors (Lipinski definition) is 0. The second kappa shape index (κ2) is 15.1. The topological polar surface area (TPSA) is 0 Å². The molecule has 0 saturated carbocycles. The van der Waals surface area contributed by atoms with Gasteiger partial charge >= 0.3 is 99.2 Å². The summed E-state index contributed by atoms with van der Waals surface area (Å²) in [5, 5.41) is 5.54. The molecule has 1 aliphatic carbocycles. The molecule has 0 heterocycles. The van der Waals surface area contributed by atoms with Crippen LogP contribution in [0.15, 0.2) is 121 Å². The Morgan fingerprint density at radius 1 is 0.675 bits per heavy atom. The predicted molar refractivity (Wildman–Crippen MR) is 172 cm³/mol. The van der Waals surface area contributed by atoms with E-state index >= 15 is 0 Å². The summed E-state index contributed by atoms with van der Waals surface area (Å²) < 4.78 is 1.42. The second-order valence-electron chi connectivity index (χ2n) is 10.2. The molecular formula is C39H40Zr. The zero-order valence-corrected chi connectivity index (χ0v) is 26.8. The normalized spacial score (nSPS) is 13.8. The van der Waals surface area contributed by atoms with Gasteiger partial charge in [-0.2, -0.15) is 6.08 Å². The van der Waals surface area contributed by atoms with E-state index in [2.05, 4.69) is 149 Å². The molecule has 0 bridgehead atoms. The van der Waals surface area contributed by atoms with Crippen LogP contribution in [0.5, 0.6) is 0 Å². The van der Waals surface area contributed by atoms with Crippen molar-refractivity contribution in [2.75, 3.05) is 0 Å². The van der Waals surface area contributed by atoms with Crippen molar-refractivity contribution in [3.63, 3.8) is 0 Å². The van der Waals surface area contributed by atoms with Crippen LogP contribution in [0, 0.1) is 12.0 Å². The third-order valence-corrected chi connectivity index (χ3v) is 8.91. The van der Waals surface area contributed by atoms with E-state index in [4.69, 9.17) is 0 Å². The molecule has 0 spiro atoms. The number of benzene rings is 4. The molecule has 0 amide bonds. The van der Waals surface area contributed by atoms with Crippen LogP contribution in [0.1, 0.15) is 62.8 Å². The van der Waals surface area contributed by atoms with Crippen LogP contribution in [0.2, 0.25) is 0 Å². The fourth-order valence-electron chi connectivity index (χ4n) is 4.96. The van der Waals surface area contributed by atoms with Gasteiger partial charge < -0.3 is 0 Å². The first kappa shape index (κ1) is 30.0. The third kappa shape index (κ3) is 7.80. The fourth-order valence-corrected chi connectivity index (χ4v) is 5.78. The van der Waals surface area contributed by atoms with Crippen molar-refractivity contribution in [2.24, 2.45) is 5.92 Å². The summed E-state index contributed by atoms with van der Waals surface area (Å²) in [6.45, 7) is 8.78. The van der Waals surface area contributed by atoms with Crippen molar-refractivity contribution < 1.29 is 24.2 Å². The molecule has 1 atom stereocenters. The van der Waals surface area contributed by atoms with E-state index in [9.17, 15) is 0 Å². The average Bonchev–Trinajstić information content (AvgIpc) is 3.65. The molecule has 0 radical (unpaired) electrons. The van der Waals surface area contributed by atoms with Crippen LogP contribution in [0.25, 0.3) is 21.5 Å². The number of allylic oxidation sites excluding steroid dienone is 4. The molecule has 0 nitrogen and oxygen atoms in total. The van der Waals surface area contributed by atoms with Crippen LogP contribution in [0.3, 0.4) is 0 Å². The van der Waals surface area contributed by atoms with Crippen LogP contribution in [0.4, 0.5) is 0 Å². The van der Waals surface area contributed by atoms with E-state index in [1.807, 2.05) is 0 Å². The molecule has 200 valence electrons. The van der Waals surface area contributed by atoms with E-state index < -0.39 is 0 Å². The van der Waals surface area contributed by atoms with Crippen LogP contribution in [-0.2, 0) is 37.1 Å². The quantitative estimate of drug-likeness (QED) is 0.170. The maximum atomic E-state index is 3.40. The van der Waals surface area contributed by atoms with Crippen molar-refractivity contribution in [2.45, 2.75) is 53.4 Å². The Balaban J connectivity index is 0.000000146. The number of hydrogen-bond donors (Lipinski definition) is 0. The van der Waals surface area contributed by atoms with E-state index in [-0.39, 0.29) is 0 Å². The van der Waals surface area contributed by atoms with Crippen molar-refractivity contribution in [3.8, 4) is 0 Å². The molecule has 0 saturated heterocycles. The van der Waals surface area contributed by atoms with Gasteiger partial charge in [-0.25, -0.2) is 11.6 Å². The van der Waals surface area contributed by atoms with E-state index in [0.29, 0.717) is 5.92 Å². The van der Waals surface area contributed by atoms with Gasteiger partial charge in [-0.3, -0.25) is 6.08 Å². The first-order chi connectivity index (χ1) is 19.6. The summed E-state index contributed by atoms with van der Waals surface area (Å²) in [7, 11) is 0. The first-order valence-corrected chi connectivity index (χ1v) is 15.9. The Hall–Kier alpha value is -3.02. The molecule has 1 aliphatic rings. The SMILES string of the molecule is CCC1=[C-]C(CC)C=C1.CCc1ccc2c(c1)[cH-]c1cc(CC)ccc12.[Zr+2]=[C](c1ccccc1)c1ccccc1. The van der Waals surface area contributed by atoms with Gasteiger partial charge in [-0.1, -0.05) is 81.8 Å². The zero-order chi connectivity index (χ0) is 28.3.